The van der Waals surface area contributed by atoms with Gasteiger partial charge in [0.05, 0.1) is 7.11 Å². The molecular formula is C32H41N3O4. The first-order valence-electron chi connectivity index (χ1n) is 14.1. The van der Waals surface area contributed by atoms with Crippen LogP contribution >= 0.6 is 0 Å². The summed E-state index contributed by atoms with van der Waals surface area (Å²) in [6.45, 7) is 5.95. The highest BCUT2D eigenvalue weighted by atomic mass is 16.5. The summed E-state index contributed by atoms with van der Waals surface area (Å²) in [5.74, 6) is 1.69. The first kappa shape index (κ1) is 27.1. The number of aromatic nitrogens is 1. The Morgan fingerprint density at radius 3 is 2.54 bits per heavy atom. The molecule has 2 amide bonds. The Bertz CT molecular complexity index is 1370. The number of amides is 2. The zero-order chi connectivity index (χ0) is 27.7. The molecule has 0 saturated carbocycles. The van der Waals surface area contributed by atoms with Crippen molar-refractivity contribution >= 4 is 22.7 Å². The van der Waals surface area contributed by atoms with Crippen LogP contribution in [0.3, 0.4) is 0 Å². The van der Waals surface area contributed by atoms with E-state index in [4.69, 9.17) is 9.47 Å². The van der Waals surface area contributed by atoms with Crippen molar-refractivity contribution in [1.29, 1.82) is 0 Å². The smallest absolute Gasteiger partial charge is 0.270 e. The van der Waals surface area contributed by atoms with Crippen LogP contribution in [0.15, 0.2) is 42.5 Å². The first-order chi connectivity index (χ1) is 18.7. The van der Waals surface area contributed by atoms with Crippen molar-refractivity contribution in [3.63, 3.8) is 0 Å². The van der Waals surface area contributed by atoms with Gasteiger partial charge in [-0.1, -0.05) is 24.6 Å². The van der Waals surface area contributed by atoms with Crippen LogP contribution < -0.4 is 9.47 Å². The number of ether oxygens (including phenoxy) is 2. The zero-order valence-corrected chi connectivity index (χ0v) is 24.0. The number of nitrogens with zero attached hydrogens (tertiary/aromatic N) is 3. The average Bonchev–Trinajstić information content (AvgIpc) is 3.19. The molecule has 208 valence electrons. The number of aryl methyl sites for hydroxylation is 3. The average molecular weight is 532 g/mol. The molecule has 0 aliphatic carbocycles. The number of hydrogen-bond donors (Lipinski definition) is 0. The molecule has 7 heteroatoms. The zero-order valence-electron chi connectivity index (χ0n) is 24.0. The Balaban J connectivity index is 1.33. The van der Waals surface area contributed by atoms with Crippen molar-refractivity contribution in [3.8, 4) is 11.5 Å². The van der Waals surface area contributed by atoms with Crippen LogP contribution in [0.1, 0.15) is 60.6 Å². The minimum atomic E-state index is -0.539. The van der Waals surface area contributed by atoms with Crippen molar-refractivity contribution in [2.75, 3.05) is 33.8 Å². The normalized spacial score (nSPS) is 20.2. The highest BCUT2D eigenvalue weighted by Crippen LogP contribution is 2.39. The summed E-state index contributed by atoms with van der Waals surface area (Å²) < 4.78 is 13.6. The number of methoxy groups -OCH3 is 1. The fourth-order valence-electron chi connectivity index (χ4n) is 6.63. The van der Waals surface area contributed by atoms with Gasteiger partial charge >= 0.3 is 0 Å². The SMILES string of the molecule is COc1ccc2c(c1)c(C)c(C(=O)N1CCC3(CCCCc4ccccc4O[C@H](C)C(=O)N(C)C3)CC1)n2C. The standard InChI is InChI=1S/C32H41N3O4/c1-22-26-20-25(38-5)13-14-27(26)34(4)29(22)31(37)35-18-16-32(17-19-35)15-9-8-11-24-10-6-7-12-28(24)39-23(2)30(36)33(3)21-32/h6-7,10,12-14,20,23H,8-9,11,15-19,21H2,1-5H3/t23-/m1/s1. The number of benzene rings is 2. The number of carbonyl (C=O) groups is 2. The van der Waals surface area contributed by atoms with Crippen LogP contribution in [0, 0.1) is 12.3 Å². The minimum absolute atomic E-state index is 0.000950. The fraction of sp³-hybridized carbons (Fsp3) is 0.500. The molecule has 7 nitrogen and oxygen atoms in total. The van der Waals surface area contributed by atoms with Gasteiger partial charge in [0.15, 0.2) is 6.10 Å². The summed E-state index contributed by atoms with van der Waals surface area (Å²) in [5, 5.41) is 1.05. The van der Waals surface area contributed by atoms with E-state index in [2.05, 4.69) is 6.07 Å². The maximum Gasteiger partial charge on any atom is 0.270 e. The van der Waals surface area contributed by atoms with E-state index >= 15 is 0 Å². The van der Waals surface area contributed by atoms with Gasteiger partial charge in [0, 0.05) is 44.6 Å². The highest BCUT2D eigenvalue weighted by molar-refractivity contribution is 6.02. The monoisotopic (exact) mass is 531 g/mol. The van der Waals surface area contributed by atoms with Crippen molar-refractivity contribution in [2.45, 2.75) is 58.5 Å². The molecule has 0 N–H and O–H groups in total. The Hall–Kier alpha value is -3.48. The first-order valence-corrected chi connectivity index (χ1v) is 14.1. The van der Waals surface area contributed by atoms with E-state index in [9.17, 15) is 9.59 Å². The van der Waals surface area contributed by atoms with Crippen LogP contribution in [0.4, 0.5) is 0 Å². The van der Waals surface area contributed by atoms with Crippen molar-refractivity contribution in [3.05, 3.63) is 59.3 Å². The van der Waals surface area contributed by atoms with Crippen LogP contribution in [-0.4, -0.2) is 66.1 Å². The second-order valence-corrected chi connectivity index (χ2v) is 11.5. The Kier molecular flexibility index (Phi) is 7.61. The summed E-state index contributed by atoms with van der Waals surface area (Å²) in [5.41, 5.74) is 3.92. The molecule has 1 saturated heterocycles. The topological polar surface area (TPSA) is 64.0 Å². The van der Waals surface area contributed by atoms with Gasteiger partial charge < -0.3 is 23.8 Å². The number of para-hydroxylation sites is 1. The molecule has 5 rings (SSSR count). The summed E-state index contributed by atoms with van der Waals surface area (Å²) in [6.07, 6.45) is 5.40. The molecule has 0 unspecified atom stereocenters. The van der Waals surface area contributed by atoms with Crippen LogP contribution in [-0.2, 0) is 18.3 Å². The molecule has 3 heterocycles. The Morgan fingerprint density at radius 1 is 1.05 bits per heavy atom. The predicted molar refractivity (Wildman–Crippen MR) is 154 cm³/mol. The predicted octanol–water partition coefficient (Wildman–Crippen LogP) is 5.37. The third kappa shape index (κ3) is 5.23. The molecule has 0 bridgehead atoms. The summed E-state index contributed by atoms with van der Waals surface area (Å²) in [7, 11) is 5.52. The minimum Gasteiger partial charge on any atom is -0.497 e. The van der Waals surface area contributed by atoms with E-state index in [1.54, 1.807) is 7.11 Å². The van der Waals surface area contributed by atoms with Crippen LogP contribution in [0.2, 0.25) is 0 Å². The summed E-state index contributed by atoms with van der Waals surface area (Å²) >= 11 is 0. The lowest BCUT2D eigenvalue weighted by atomic mass is 9.73. The number of likely N-dealkylation sites (N-methyl/N-ethyl adjacent to an activating group) is 1. The fourth-order valence-corrected chi connectivity index (χ4v) is 6.63. The van der Waals surface area contributed by atoms with Crippen molar-refractivity contribution < 1.29 is 19.1 Å². The van der Waals surface area contributed by atoms with E-state index in [1.165, 1.54) is 0 Å². The molecule has 1 atom stereocenters. The maximum absolute atomic E-state index is 13.8. The number of piperidine rings is 1. The lowest BCUT2D eigenvalue weighted by Crippen LogP contribution is -2.50. The van der Waals surface area contributed by atoms with E-state index in [0.29, 0.717) is 19.6 Å². The third-order valence-corrected chi connectivity index (χ3v) is 8.95. The van der Waals surface area contributed by atoms with Crippen LogP contribution in [0.25, 0.3) is 10.9 Å². The molecule has 3 aromatic rings. The van der Waals surface area contributed by atoms with E-state index in [1.807, 2.05) is 78.7 Å². The maximum atomic E-state index is 13.8. The van der Waals surface area contributed by atoms with Gasteiger partial charge in [-0.3, -0.25) is 9.59 Å². The molecule has 1 fully saturated rings. The number of likely N-dealkylation sites (tertiary alicyclic amines) is 1. The van der Waals surface area contributed by atoms with E-state index < -0.39 is 6.10 Å². The van der Waals surface area contributed by atoms with Crippen LogP contribution in [0.5, 0.6) is 11.5 Å². The highest BCUT2D eigenvalue weighted by Gasteiger charge is 2.39. The van der Waals surface area contributed by atoms with Gasteiger partial charge in [0.2, 0.25) is 0 Å². The van der Waals surface area contributed by atoms with Gasteiger partial charge in [0.1, 0.15) is 17.2 Å². The molecule has 1 spiro atoms. The summed E-state index contributed by atoms with van der Waals surface area (Å²) in [6, 6.07) is 14.0. The van der Waals surface area contributed by atoms with Crippen molar-refractivity contribution in [1.82, 2.24) is 14.4 Å². The largest absolute Gasteiger partial charge is 0.497 e. The van der Waals surface area contributed by atoms with E-state index in [0.717, 1.165) is 77.7 Å². The second kappa shape index (κ2) is 10.9. The number of hydrogen-bond acceptors (Lipinski definition) is 4. The van der Waals surface area contributed by atoms with Gasteiger partial charge in [-0.15, -0.1) is 0 Å². The van der Waals surface area contributed by atoms with Gasteiger partial charge in [-0.25, -0.2) is 0 Å². The molecule has 0 radical (unpaired) electrons. The van der Waals surface area contributed by atoms with Gasteiger partial charge in [0.25, 0.3) is 11.8 Å². The molecule has 2 aliphatic heterocycles. The lowest BCUT2D eigenvalue weighted by Gasteiger charge is -2.44. The lowest BCUT2D eigenvalue weighted by molar-refractivity contribution is -0.138. The van der Waals surface area contributed by atoms with Crippen molar-refractivity contribution in [2.24, 2.45) is 12.5 Å². The molecule has 1 aromatic heterocycles. The molecular weight excluding hydrogens is 490 g/mol. The third-order valence-electron chi connectivity index (χ3n) is 8.95. The molecule has 2 aromatic carbocycles. The Labute approximate surface area is 231 Å². The Morgan fingerprint density at radius 2 is 1.79 bits per heavy atom. The second-order valence-electron chi connectivity index (χ2n) is 11.5. The number of rotatable bonds is 2. The number of carbonyl (C=O) groups excluding carboxylic acids is 2. The van der Waals surface area contributed by atoms with Gasteiger partial charge in [-0.2, -0.15) is 0 Å². The van der Waals surface area contributed by atoms with E-state index in [-0.39, 0.29) is 17.2 Å². The number of fused-ring (bicyclic) bond motifs is 2. The van der Waals surface area contributed by atoms with Gasteiger partial charge in [-0.05, 0) is 86.8 Å². The molecule has 2 aliphatic rings. The summed E-state index contributed by atoms with van der Waals surface area (Å²) in [4.78, 5) is 31.0. The quantitative estimate of drug-likeness (QED) is 0.446. The molecule has 39 heavy (non-hydrogen) atoms.